The molecule has 0 saturated carbocycles. The van der Waals surface area contributed by atoms with Crippen LogP contribution in [0.15, 0.2) is 27.4 Å². The van der Waals surface area contributed by atoms with Gasteiger partial charge in [0.05, 0.1) is 6.54 Å². The molecule has 0 radical (unpaired) electrons. The molecular weight excluding hydrogens is 410 g/mol. The second-order valence-corrected chi connectivity index (χ2v) is 7.63. The lowest BCUT2D eigenvalue weighted by molar-refractivity contribution is 0.0700. The number of halogens is 1. The minimum absolute atomic E-state index is 0.103. The van der Waals surface area contributed by atoms with Crippen LogP contribution in [0.2, 0.25) is 0 Å². The lowest BCUT2D eigenvalue weighted by atomic mass is 10.0. The monoisotopic (exact) mass is 431 g/mol. The molecule has 1 amide bonds. The number of amides is 1. The minimum Gasteiger partial charge on any atom is -0.444 e. The molecule has 27 heavy (non-hydrogen) atoms. The number of aryl methyl sites for hydroxylation is 2. The molecule has 0 unspecified atom stereocenters. The van der Waals surface area contributed by atoms with Crippen LogP contribution < -0.4 is 0 Å². The minimum atomic E-state index is -0.103. The summed E-state index contributed by atoms with van der Waals surface area (Å²) < 4.78 is 10.1. The van der Waals surface area contributed by atoms with E-state index in [2.05, 4.69) is 39.3 Å². The number of hydrogen-bond donors (Lipinski definition) is 0. The highest BCUT2D eigenvalue weighted by atomic mass is 79.9. The molecular formula is C19H22BrN5O2. The van der Waals surface area contributed by atoms with Crippen LogP contribution in [-0.4, -0.2) is 36.7 Å². The van der Waals surface area contributed by atoms with E-state index in [-0.39, 0.29) is 5.91 Å². The Balaban J connectivity index is 1.70. The molecule has 0 spiro atoms. The molecule has 0 atom stereocenters. The highest BCUT2D eigenvalue weighted by molar-refractivity contribution is 9.10. The van der Waals surface area contributed by atoms with Crippen LogP contribution in [0.4, 0.5) is 0 Å². The Morgan fingerprint density at radius 2 is 2.19 bits per heavy atom. The summed E-state index contributed by atoms with van der Waals surface area (Å²) in [7, 11) is 1.96. The van der Waals surface area contributed by atoms with Gasteiger partial charge in [0.25, 0.3) is 5.91 Å². The number of hydrogen-bond acceptors (Lipinski definition) is 4. The van der Waals surface area contributed by atoms with Gasteiger partial charge in [-0.3, -0.25) is 9.48 Å². The van der Waals surface area contributed by atoms with Gasteiger partial charge in [0.1, 0.15) is 5.69 Å². The summed E-state index contributed by atoms with van der Waals surface area (Å²) in [6.07, 6.45) is 3.68. The maximum atomic E-state index is 12.8. The average Bonchev–Trinajstić information content (AvgIpc) is 3.33. The van der Waals surface area contributed by atoms with Crippen LogP contribution in [0.5, 0.6) is 0 Å². The van der Waals surface area contributed by atoms with Crippen LogP contribution in [0.25, 0.3) is 11.5 Å². The predicted octanol–water partition coefficient (Wildman–Crippen LogP) is 3.56. The van der Waals surface area contributed by atoms with Gasteiger partial charge in [-0.15, -0.1) is 0 Å². The van der Waals surface area contributed by atoms with E-state index in [4.69, 9.17) is 9.52 Å². The van der Waals surface area contributed by atoms with Crippen molar-refractivity contribution in [1.29, 1.82) is 0 Å². The second kappa shape index (κ2) is 6.99. The van der Waals surface area contributed by atoms with Gasteiger partial charge < -0.3 is 13.9 Å². The fourth-order valence-electron chi connectivity index (χ4n) is 3.69. The smallest absolute Gasteiger partial charge is 0.289 e. The summed E-state index contributed by atoms with van der Waals surface area (Å²) in [5.74, 6) is 1.12. The third-order valence-electron chi connectivity index (χ3n) is 5.03. The van der Waals surface area contributed by atoms with Gasteiger partial charge in [-0.2, -0.15) is 5.10 Å². The quantitative estimate of drug-likeness (QED) is 0.633. The number of aromatic nitrogens is 4. The van der Waals surface area contributed by atoms with Crippen molar-refractivity contribution in [3.63, 3.8) is 0 Å². The van der Waals surface area contributed by atoms with E-state index < -0.39 is 0 Å². The summed E-state index contributed by atoms with van der Waals surface area (Å²) in [4.78, 5) is 19.2. The molecule has 0 bridgehead atoms. The molecule has 0 N–H and O–H groups in total. The zero-order valence-electron chi connectivity index (χ0n) is 15.7. The first kappa shape index (κ1) is 18.0. The van der Waals surface area contributed by atoms with Crippen molar-refractivity contribution in [2.75, 3.05) is 6.54 Å². The molecule has 8 heteroatoms. The van der Waals surface area contributed by atoms with Crippen molar-refractivity contribution < 1.29 is 9.21 Å². The van der Waals surface area contributed by atoms with E-state index in [0.29, 0.717) is 23.5 Å². The van der Waals surface area contributed by atoms with Gasteiger partial charge in [-0.1, -0.05) is 6.92 Å². The lowest BCUT2D eigenvalue weighted by Gasteiger charge is -2.27. The molecule has 1 aliphatic rings. The highest BCUT2D eigenvalue weighted by Gasteiger charge is 2.30. The lowest BCUT2D eigenvalue weighted by Crippen LogP contribution is -2.36. The van der Waals surface area contributed by atoms with Crippen LogP contribution in [0.1, 0.15) is 40.9 Å². The van der Waals surface area contributed by atoms with Crippen LogP contribution in [0.3, 0.4) is 0 Å². The van der Waals surface area contributed by atoms with E-state index in [1.165, 1.54) is 5.69 Å². The zero-order valence-corrected chi connectivity index (χ0v) is 17.3. The number of rotatable bonds is 4. The maximum absolute atomic E-state index is 12.8. The molecule has 0 aromatic carbocycles. The fourth-order valence-corrected chi connectivity index (χ4v) is 3.99. The molecule has 7 nitrogen and oxygen atoms in total. The Kier molecular flexibility index (Phi) is 4.67. The Bertz CT molecular complexity index is 1000. The zero-order chi connectivity index (χ0) is 19.1. The third-order valence-corrected chi connectivity index (χ3v) is 5.45. The van der Waals surface area contributed by atoms with Gasteiger partial charge in [-0.25, -0.2) is 4.98 Å². The first-order valence-corrected chi connectivity index (χ1v) is 9.90. The van der Waals surface area contributed by atoms with E-state index in [1.54, 1.807) is 12.1 Å². The van der Waals surface area contributed by atoms with Crippen LogP contribution >= 0.6 is 15.9 Å². The average molecular weight is 432 g/mol. The number of nitrogens with zero attached hydrogens (tertiary/aromatic N) is 5. The third kappa shape index (κ3) is 3.12. The SMILES string of the molecule is CCCn1c(C)cnc1-c1nn(C)c2c1CN(C(=O)c1ccc(Br)o1)CC2. The summed E-state index contributed by atoms with van der Waals surface area (Å²) in [6, 6.07) is 3.44. The Labute approximate surface area is 166 Å². The predicted molar refractivity (Wildman–Crippen MR) is 104 cm³/mol. The van der Waals surface area contributed by atoms with Crippen molar-refractivity contribution >= 4 is 21.8 Å². The molecule has 0 fully saturated rings. The molecule has 1 aliphatic heterocycles. The van der Waals surface area contributed by atoms with E-state index >= 15 is 0 Å². The fraction of sp³-hybridized carbons (Fsp3) is 0.421. The largest absolute Gasteiger partial charge is 0.444 e. The standard InChI is InChI=1S/C19H22BrN5O2/c1-4-8-25-12(2)10-21-18(25)17-13-11-24(9-7-14(13)23(3)22-17)19(26)15-5-6-16(20)27-15/h5-6,10H,4,7-9,11H2,1-3H3. The molecule has 142 valence electrons. The normalized spacial score (nSPS) is 13.9. The van der Waals surface area contributed by atoms with Crippen LogP contribution in [0, 0.1) is 6.92 Å². The number of carbonyl (C=O) groups excluding carboxylic acids is 1. The number of fused-ring (bicyclic) bond motifs is 1. The Morgan fingerprint density at radius 3 is 2.89 bits per heavy atom. The van der Waals surface area contributed by atoms with Crippen molar-refractivity contribution in [3.05, 3.63) is 45.7 Å². The summed E-state index contributed by atoms with van der Waals surface area (Å²) in [5, 5.41) is 4.75. The topological polar surface area (TPSA) is 69.1 Å². The van der Waals surface area contributed by atoms with Crippen molar-refractivity contribution in [1.82, 2.24) is 24.2 Å². The highest BCUT2D eigenvalue weighted by Crippen LogP contribution is 2.30. The van der Waals surface area contributed by atoms with E-state index in [0.717, 1.165) is 42.2 Å². The number of imidazole rings is 1. The first-order valence-electron chi connectivity index (χ1n) is 9.11. The molecule has 4 heterocycles. The molecule has 0 aliphatic carbocycles. The maximum Gasteiger partial charge on any atom is 0.289 e. The van der Waals surface area contributed by atoms with E-state index in [9.17, 15) is 4.79 Å². The van der Waals surface area contributed by atoms with E-state index in [1.807, 2.05) is 22.8 Å². The first-order chi connectivity index (χ1) is 13.0. The number of furan rings is 1. The second-order valence-electron chi connectivity index (χ2n) is 6.85. The van der Waals surface area contributed by atoms with Gasteiger partial charge in [0.15, 0.2) is 16.3 Å². The van der Waals surface area contributed by atoms with Crippen molar-refractivity contribution in [2.24, 2.45) is 7.05 Å². The van der Waals surface area contributed by atoms with Gasteiger partial charge in [0.2, 0.25) is 0 Å². The Morgan fingerprint density at radius 1 is 1.37 bits per heavy atom. The molecule has 3 aromatic rings. The van der Waals surface area contributed by atoms with Crippen LogP contribution in [-0.2, 0) is 26.6 Å². The summed E-state index contributed by atoms with van der Waals surface area (Å²) in [5.41, 5.74) is 4.23. The van der Waals surface area contributed by atoms with Gasteiger partial charge >= 0.3 is 0 Å². The summed E-state index contributed by atoms with van der Waals surface area (Å²) >= 11 is 3.26. The molecule has 3 aromatic heterocycles. The molecule has 0 saturated heterocycles. The van der Waals surface area contributed by atoms with Crippen molar-refractivity contribution in [3.8, 4) is 11.5 Å². The summed E-state index contributed by atoms with van der Waals surface area (Å²) in [6.45, 7) is 6.26. The van der Waals surface area contributed by atoms with Gasteiger partial charge in [0, 0.05) is 49.7 Å². The molecule has 4 rings (SSSR count). The van der Waals surface area contributed by atoms with Gasteiger partial charge in [-0.05, 0) is 41.4 Å². The van der Waals surface area contributed by atoms with Crippen molar-refractivity contribution in [2.45, 2.75) is 39.8 Å². The Hall–Kier alpha value is -2.35. The number of carbonyl (C=O) groups is 1.